The van der Waals surface area contributed by atoms with E-state index in [1.165, 1.54) is 11.3 Å². The molecule has 0 radical (unpaired) electrons. The molecule has 3 rings (SSSR count). The number of thiazole rings is 1. The number of nitrogens with zero attached hydrogens (tertiary/aromatic N) is 2. The first-order valence-corrected chi connectivity index (χ1v) is 12.9. The van der Waals surface area contributed by atoms with Crippen molar-refractivity contribution in [2.45, 2.75) is 25.3 Å². The Morgan fingerprint density at radius 3 is 2.70 bits per heavy atom. The van der Waals surface area contributed by atoms with Crippen LogP contribution in [0.25, 0.3) is 10.2 Å². The molecule has 0 atom stereocenters. The van der Waals surface area contributed by atoms with Crippen LogP contribution >= 0.6 is 34.9 Å². The van der Waals surface area contributed by atoms with Gasteiger partial charge in [-0.2, -0.15) is 16.8 Å². The van der Waals surface area contributed by atoms with E-state index >= 15 is 0 Å². The Balaban J connectivity index is 2.05. The molecule has 0 saturated carbocycles. The summed E-state index contributed by atoms with van der Waals surface area (Å²) in [4.78, 5) is 31.1. The number of ether oxygens (including phenoxy) is 1. The van der Waals surface area contributed by atoms with Crippen LogP contribution in [0.15, 0.2) is 52.4 Å². The fourth-order valence-electron chi connectivity index (χ4n) is 2.94. The van der Waals surface area contributed by atoms with Gasteiger partial charge < -0.3 is 9.30 Å². The van der Waals surface area contributed by atoms with Gasteiger partial charge in [-0.05, 0) is 55.3 Å². The second-order valence-electron chi connectivity index (χ2n) is 6.31. The van der Waals surface area contributed by atoms with Gasteiger partial charge in [0.25, 0.3) is 5.91 Å². The van der Waals surface area contributed by atoms with Crippen LogP contribution in [0.2, 0.25) is 0 Å². The van der Waals surface area contributed by atoms with Gasteiger partial charge in [0.15, 0.2) is 4.80 Å². The Morgan fingerprint density at radius 2 is 1.97 bits per heavy atom. The fourth-order valence-corrected chi connectivity index (χ4v) is 5.11. The predicted octanol–water partition coefficient (Wildman–Crippen LogP) is 5.10. The van der Waals surface area contributed by atoms with Crippen LogP contribution in [-0.4, -0.2) is 40.8 Å². The summed E-state index contributed by atoms with van der Waals surface area (Å²) in [6, 6.07) is 13.1. The minimum absolute atomic E-state index is 0.261. The van der Waals surface area contributed by atoms with Crippen LogP contribution in [-0.2, 0) is 11.3 Å². The van der Waals surface area contributed by atoms with Crippen LogP contribution in [0.1, 0.15) is 34.6 Å². The number of hydrogen-bond donors (Lipinski definition) is 0. The topological polar surface area (TPSA) is 60.7 Å². The Kier molecular flexibility index (Phi) is 8.18. The molecule has 2 aromatic carbocycles. The van der Waals surface area contributed by atoms with E-state index < -0.39 is 0 Å². The van der Waals surface area contributed by atoms with Crippen molar-refractivity contribution in [3.8, 4) is 0 Å². The Hall–Kier alpha value is -2.03. The number of carbonyl (C=O) groups excluding carboxylic acids is 2. The van der Waals surface area contributed by atoms with Crippen LogP contribution in [0, 0.1) is 0 Å². The Morgan fingerprint density at radius 1 is 1.13 bits per heavy atom. The zero-order valence-corrected chi connectivity index (χ0v) is 19.7. The highest BCUT2D eigenvalue weighted by atomic mass is 32.2. The van der Waals surface area contributed by atoms with Gasteiger partial charge in [0.05, 0.1) is 22.4 Å². The van der Waals surface area contributed by atoms with Gasteiger partial charge in [0.1, 0.15) is 0 Å². The number of benzene rings is 2. The molecule has 1 amide bonds. The maximum Gasteiger partial charge on any atom is 0.338 e. The third-order valence-corrected chi connectivity index (χ3v) is 6.81. The molecule has 1 aromatic heterocycles. The molecule has 0 saturated heterocycles. The molecule has 0 fully saturated rings. The van der Waals surface area contributed by atoms with Gasteiger partial charge in [-0.3, -0.25) is 4.79 Å². The normalized spacial score (nSPS) is 11.8. The molecular formula is C22H24N2O3S3. The summed E-state index contributed by atoms with van der Waals surface area (Å²) < 4.78 is 8.06. The van der Waals surface area contributed by atoms with Crippen molar-refractivity contribution < 1.29 is 14.3 Å². The zero-order valence-electron chi connectivity index (χ0n) is 17.2. The van der Waals surface area contributed by atoms with E-state index in [-0.39, 0.29) is 11.9 Å². The van der Waals surface area contributed by atoms with E-state index in [2.05, 4.69) is 11.9 Å². The molecule has 30 heavy (non-hydrogen) atoms. The van der Waals surface area contributed by atoms with Crippen molar-refractivity contribution in [2.75, 3.05) is 24.4 Å². The molecule has 0 aliphatic heterocycles. The van der Waals surface area contributed by atoms with Crippen LogP contribution in [0.5, 0.6) is 0 Å². The smallest absolute Gasteiger partial charge is 0.338 e. The number of esters is 1. The lowest BCUT2D eigenvalue weighted by Crippen LogP contribution is -2.18. The number of amides is 1. The van der Waals surface area contributed by atoms with Crippen LogP contribution < -0.4 is 4.80 Å². The summed E-state index contributed by atoms with van der Waals surface area (Å²) in [5.41, 5.74) is 2.04. The van der Waals surface area contributed by atoms with Gasteiger partial charge >= 0.3 is 5.97 Å². The lowest BCUT2D eigenvalue weighted by Gasteiger charge is -2.05. The minimum Gasteiger partial charge on any atom is -0.462 e. The van der Waals surface area contributed by atoms with Crippen molar-refractivity contribution in [3.05, 3.63) is 58.4 Å². The van der Waals surface area contributed by atoms with Gasteiger partial charge in [-0.1, -0.05) is 24.3 Å². The van der Waals surface area contributed by atoms with Crippen LogP contribution in [0.4, 0.5) is 0 Å². The Bertz CT molecular complexity index is 1120. The van der Waals surface area contributed by atoms with Gasteiger partial charge in [0, 0.05) is 22.8 Å². The number of hydrogen-bond acceptors (Lipinski definition) is 6. The van der Waals surface area contributed by atoms with Crippen LogP contribution in [0.3, 0.4) is 0 Å². The van der Waals surface area contributed by atoms with E-state index in [1.54, 1.807) is 42.6 Å². The van der Waals surface area contributed by atoms with E-state index in [1.807, 2.05) is 41.2 Å². The summed E-state index contributed by atoms with van der Waals surface area (Å²) in [7, 11) is 0. The van der Waals surface area contributed by atoms with Crippen molar-refractivity contribution in [1.82, 2.24) is 4.57 Å². The SMILES string of the molecule is CCOC(=O)c1ccc2c(c1)sc(=NC(=O)c1cccc(SCC)c1)n2CCSC. The van der Waals surface area contributed by atoms with E-state index in [0.717, 1.165) is 33.2 Å². The standard InChI is InChI=1S/C22H24N2O3S3/c1-4-27-21(26)16-9-10-18-19(14-16)30-22(24(18)11-12-28-3)23-20(25)15-7-6-8-17(13-15)29-5-2/h6-10,13-14H,4-5,11-12H2,1-3H3. The largest absolute Gasteiger partial charge is 0.462 e. The molecular weight excluding hydrogens is 436 g/mol. The average Bonchev–Trinajstić information content (AvgIpc) is 3.08. The number of carbonyl (C=O) groups is 2. The van der Waals surface area contributed by atoms with Crippen molar-refractivity contribution >= 4 is 57.0 Å². The first-order valence-electron chi connectivity index (χ1n) is 9.68. The molecule has 5 nitrogen and oxygen atoms in total. The first-order chi connectivity index (χ1) is 14.6. The summed E-state index contributed by atoms with van der Waals surface area (Å²) in [5.74, 6) is 1.24. The number of rotatable bonds is 8. The molecule has 0 aliphatic carbocycles. The van der Waals surface area contributed by atoms with Gasteiger partial charge in [-0.25, -0.2) is 4.79 Å². The van der Waals surface area contributed by atoms with E-state index in [9.17, 15) is 9.59 Å². The van der Waals surface area contributed by atoms with Gasteiger partial charge in [0.2, 0.25) is 0 Å². The second-order valence-corrected chi connectivity index (χ2v) is 9.64. The number of fused-ring (bicyclic) bond motifs is 1. The minimum atomic E-state index is -0.344. The quantitative estimate of drug-likeness (QED) is 0.346. The third kappa shape index (κ3) is 5.36. The highest BCUT2D eigenvalue weighted by Crippen LogP contribution is 2.22. The molecule has 3 aromatic rings. The molecule has 0 bridgehead atoms. The average molecular weight is 461 g/mol. The van der Waals surface area contributed by atoms with E-state index in [4.69, 9.17) is 4.74 Å². The maximum absolute atomic E-state index is 12.9. The first kappa shape index (κ1) is 22.7. The molecule has 158 valence electrons. The van der Waals surface area contributed by atoms with E-state index in [0.29, 0.717) is 22.5 Å². The lowest BCUT2D eigenvalue weighted by molar-refractivity contribution is 0.0526. The molecule has 1 heterocycles. The molecule has 0 unspecified atom stereocenters. The van der Waals surface area contributed by atoms with Crippen molar-refractivity contribution in [1.29, 1.82) is 0 Å². The zero-order chi connectivity index (χ0) is 21.5. The number of aryl methyl sites for hydroxylation is 1. The summed E-state index contributed by atoms with van der Waals surface area (Å²) in [5, 5.41) is 0. The van der Waals surface area contributed by atoms with Gasteiger partial charge in [-0.15, -0.1) is 11.8 Å². The predicted molar refractivity (Wildman–Crippen MR) is 127 cm³/mol. The molecule has 0 aliphatic rings. The highest BCUT2D eigenvalue weighted by Gasteiger charge is 2.13. The summed E-state index contributed by atoms with van der Waals surface area (Å²) >= 11 is 4.85. The van der Waals surface area contributed by atoms with Crippen molar-refractivity contribution in [2.24, 2.45) is 4.99 Å². The monoisotopic (exact) mass is 460 g/mol. The number of aromatic nitrogens is 1. The highest BCUT2D eigenvalue weighted by molar-refractivity contribution is 7.99. The fraction of sp³-hybridized carbons (Fsp3) is 0.318. The molecule has 0 spiro atoms. The molecule has 0 N–H and O–H groups in total. The third-order valence-electron chi connectivity index (χ3n) is 4.30. The maximum atomic E-state index is 12.9. The summed E-state index contributed by atoms with van der Waals surface area (Å²) in [6.45, 7) is 4.94. The second kappa shape index (κ2) is 10.8. The molecule has 8 heteroatoms. The summed E-state index contributed by atoms with van der Waals surface area (Å²) in [6.07, 6.45) is 2.05. The number of thioether (sulfide) groups is 2. The van der Waals surface area contributed by atoms with Crippen molar-refractivity contribution in [3.63, 3.8) is 0 Å². The Labute approximate surface area is 188 Å². The lowest BCUT2D eigenvalue weighted by atomic mass is 10.2.